The number of hydrogen-bond acceptors (Lipinski definition) is 4. The van der Waals surface area contributed by atoms with Crippen LogP contribution in [0.15, 0.2) is 49.2 Å². The lowest BCUT2D eigenvalue weighted by Gasteiger charge is -2.13. The number of aryl methyl sites for hydroxylation is 1. The summed E-state index contributed by atoms with van der Waals surface area (Å²) in [5, 5.41) is 3.58. The molecule has 0 fully saturated rings. The third-order valence-corrected chi connectivity index (χ3v) is 4.70. The van der Waals surface area contributed by atoms with Crippen molar-refractivity contribution < 1.29 is 17.6 Å². The Morgan fingerprint density at radius 3 is 2.67 bits per heavy atom. The number of nitrogens with zero attached hydrogens (tertiary/aromatic N) is 3. The largest absolute Gasteiger partial charge is 0.416 e. The van der Waals surface area contributed by atoms with Crippen molar-refractivity contribution in [2.24, 2.45) is 0 Å². The first-order valence-corrected chi connectivity index (χ1v) is 9.12. The molecule has 30 heavy (non-hydrogen) atoms. The Labute approximate surface area is 169 Å². The number of fused-ring (bicyclic) bond motifs is 1. The van der Waals surface area contributed by atoms with E-state index in [9.17, 15) is 17.6 Å². The molecule has 4 rings (SSSR count). The molecule has 5 nitrogen and oxygen atoms in total. The molecule has 0 saturated heterocycles. The van der Waals surface area contributed by atoms with E-state index in [0.717, 1.165) is 40.6 Å². The maximum atomic E-state index is 14.5. The second-order valence-corrected chi connectivity index (χ2v) is 6.96. The molecule has 0 aliphatic carbocycles. The molecule has 4 heterocycles. The first-order valence-electron chi connectivity index (χ1n) is 9.12. The van der Waals surface area contributed by atoms with Crippen LogP contribution in [0.4, 0.5) is 23.4 Å². The quantitative estimate of drug-likeness (QED) is 0.449. The van der Waals surface area contributed by atoms with Gasteiger partial charge in [0.2, 0.25) is 0 Å². The van der Waals surface area contributed by atoms with Gasteiger partial charge in [0, 0.05) is 54.9 Å². The Morgan fingerprint density at radius 1 is 1.07 bits per heavy atom. The van der Waals surface area contributed by atoms with Gasteiger partial charge >= 0.3 is 6.18 Å². The molecule has 0 atom stereocenters. The van der Waals surface area contributed by atoms with Crippen molar-refractivity contribution in [3.63, 3.8) is 0 Å². The highest BCUT2D eigenvalue weighted by atomic mass is 19.4. The minimum atomic E-state index is -4.51. The number of aromatic nitrogens is 4. The highest BCUT2D eigenvalue weighted by molar-refractivity contribution is 5.80. The van der Waals surface area contributed by atoms with Gasteiger partial charge in [-0.1, -0.05) is 0 Å². The van der Waals surface area contributed by atoms with E-state index < -0.39 is 17.6 Å². The predicted molar refractivity (Wildman–Crippen MR) is 104 cm³/mol. The van der Waals surface area contributed by atoms with Crippen LogP contribution < -0.4 is 5.32 Å². The Bertz CT molecular complexity index is 1200. The fourth-order valence-electron chi connectivity index (χ4n) is 3.26. The average molecular weight is 415 g/mol. The van der Waals surface area contributed by atoms with Crippen molar-refractivity contribution in [1.82, 2.24) is 19.9 Å². The summed E-state index contributed by atoms with van der Waals surface area (Å²) < 4.78 is 53.7. The first-order chi connectivity index (χ1) is 14.3. The van der Waals surface area contributed by atoms with Gasteiger partial charge in [-0.05, 0) is 41.8 Å². The maximum absolute atomic E-state index is 14.5. The molecule has 9 heteroatoms. The first kappa shape index (κ1) is 19.8. The number of alkyl halides is 3. The summed E-state index contributed by atoms with van der Waals surface area (Å²) in [6.07, 6.45) is 3.19. The second-order valence-electron chi connectivity index (χ2n) is 6.96. The zero-order chi connectivity index (χ0) is 21.3. The number of hydrogen-bond donors (Lipinski definition) is 2. The fraction of sp³-hybridized carbons (Fsp3) is 0.190. The Kier molecular flexibility index (Phi) is 5.11. The van der Waals surface area contributed by atoms with Crippen molar-refractivity contribution in [2.45, 2.75) is 26.1 Å². The normalized spacial score (nSPS) is 11.8. The molecule has 0 amide bonds. The number of rotatable bonds is 5. The standard InChI is InChI=1S/C21H17F4N5/c1-12-4-16-14(10-29-19(16)27-7-12)5-13-6-18(22)20(28-8-13)30-11-15-9-26-3-2-17(15)21(23,24)25/h2-4,6-10H,5,11H2,1H3,(H,27,29)(H,28,30). The number of halogens is 4. The minimum Gasteiger partial charge on any atom is -0.363 e. The van der Waals surface area contributed by atoms with Crippen molar-refractivity contribution in [3.8, 4) is 0 Å². The third kappa shape index (κ3) is 4.10. The van der Waals surface area contributed by atoms with Crippen LogP contribution in [0.1, 0.15) is 27.8 Å². The van der Waals surface area contributed by atoms with Gasteiger partial charge in [-0.2, -0.15) is 13.2 Å². The van der Waals surface area contributed by atoms with Crippen LogP contribution in [-0.4, -0.2) is 19.9 Å². The molecule has 0 saturated carbocycles. The van der Waals surface area contributed by atoms with Crippen molar-refractivity contribution in [1.29, 1.82) is 0 Å². The third-order valence-electron chi connectivity index (χ3n) is 4.70. The van der Waals surface area contributed by atoms with Crippen LogP contribution in [-0.2, 0) is 19.1 Å². The summed E-state index contributed by atoms with van der Waals surface area (Å²) in [4.78, 5) is 15.2. The number of pyridine rings is 3. The lowest BCUT2D eigenvalue weighted by Crippen LogP contribution is -2.13. The van der Waals surface area contributed by atoms with E-state index in [1.165, 1.54) is 12.3 Å². The highest BCUT2D eigenvalue weighted by Crippen LogP contribution is 2.31. The van der Waals surface area contributed by atoms with Crippen LogP contribution in [0.3, 0.4) is 0 Å². The van der Waals surface area contributed by atoms with E-state index >= 15 is 0 Å². The Balaban J connectivity index is 1.51. The summed E-state index contributed by atoms with van der Waals surface area (Å²) >= 11 is 0. The van der Waals surface area contributed by atoms with Gasteiger partial charge in [0.15, 0.2) is 11.6 Å². The summed E-state index contributed by atoms with van der Waals surface area (Å²) in [6.45, 7) is 1.69. The highest BCUT2D eigenvalue weighted by Gasteiger charge is 2.33. The second kappa shape index (κ2) is 7.74. The topological polar surface area (TPSA) is 66.5 Å². The molecule has 2 N–H and O–H groups in total. The zero-order valence-corrected chi connectivity index (χ0v) is 15.9. The minimum absolute atomic E-state index is 0.0862. The average Bonchev–Trinajstić information content (AvgIpc) is 3.09. The smallest absolute Gasteiger partial charge is 0.363 e. The summed E-state index contributed by atoms with van der Waals surface area (Å²) in [5.74, 6) is -0.758. The van der Waals surface area contributed by atoms with Crippen LogP contribution in [0.25, 0.3) is 11.0 Å². The van der Waals surface area contributed by atoms with Crippen LogP contribution in [0.5, 0.6) is 0 Å². The van der Waals surface area contributed by atoms with Gasteiger partial charge in [0.25, 0.3) is 0 Å². The van der Waals surface area contributed by atoms with Crippen LogP contribution in [0.2, 0.25) is 0 Å². The maximum Gasteiger partial charge on any atom is 0.416 e. The van der Waals surface area contributed by atoms with Gasteiger partial charge in [0.1, 0.15) is 5.65 Å². The van der Waals surface area contributed by atoms with Crippen LogP contribution >= 0.6 is 0 Å². The Hall–Kier alpha value is -3.49. The molecule has 4 aromatic heterocycles. The van der Waals surface area contributed by atoms with Gasteiger partial charge in [0.05, 0.1) is 5.56 Å². The number of anilines is 1. The van der Waals surface area contributed by atoms with Gasteiger partial charge in [-0.15, -0.1) is 0 Å². The van der Waals surface area contributed by atoms with E-state index in [-0.39, 0.29) is 17.9 Å². The Morgan fingerprint density at radius 2 is 1.90 bits per heavy atom. The fourth-order valence-corrected chi connectivity index (χ4v) is 3.26. The summed E-state index contributed by atoms with van der Waals surface area (Å²) in [7, 11) is 0. The predicted octanol–water partition coefficient (Wildman–Crippen LogP) is 5.02. The molecule has 0 aliphatic rings. The molecular formula is C21H17F4N5. The summed E-state index contributed by atoms with van der Waals surface area (Å²) in [6, 6.07) is 4.22. The van der Waals surface area contributed by atoms with Gasteiger partial charge < -0.3 is 10.3 Å². The molecule has 0 aromatic carbocycles. The molecule has 154 valence electrons. The molecule has 0 unspecified atom stereocenters. The molecule has 4 aromatic rings. The number of aromatic amines is 1. The van der Waals surface area contributed by atoms with Crippen molar-refractivity contribution in [3.05, 3.63) is 82.8 Å². The van der Waals surface area contributed by atoms with E-state index in [4.69, 9.17) is 0 Å². The monoisotopic (exact) mass is 415 g/mol. The SMILES string of the molecule is Cc1cnc2[nH]cc(Cc3cnc(NCc4cnccc4C(F)(F)F)c(F)c3)c2c1. The van der Waals surface area contributed by atoms with E-state index in [1.54, 1.807) is 6.20 Å². The molecular weight excluding hydrogens is 398 g/mol. The van der Waals surface area contributed by atoms with Crippen molar-refractivity contribution in [2.75, 3.05) is 5.32 Å². The van der Waals surface area contributed by atoms with Crippen molar-refractivity contribution >= 4 is 16.9 Å². The number of nitrogens with one attached hydrogen (secondary N) is 2. The van der Waals surface area contributed by atoms with E-state index in [0.29, 0.717) is 12.0 Å². The summed E-state index contributed by atoms with van der Waals surface area (Å²) in [5.41, 5.74) is 2.45. The van der Waals surface area contributed by atoms with E-state index in [1.807, 2.05) is 19.2 Å². The molecule has 0 spiro atoms. The molecule has 0 bridgehead atoms. The number of H-pyrrole nitrogens is 1. The lowest BCUT2D eigenvalue weighted by atomic mass is 10.1. The lowest BCUT2D eigenvalue weighted by molar-refractivity contribution is -0.138. The van der Waals surface area contributed by atoms with E-state index in [2.05, 4.69) is 25.3 Å². The molecule has 0 aliphatic heterocycles. The zero-order valence-electron chi connectivity index (χ0n) is 15.9. The van der Waals surface area contributed by atoms with Gasteiger partial charge in [-0.3, -0.25) is 4.98 Å². The van der Waals surface area contributed by atoms with Crippen LogP contribution in [0, 0.1) is 12.7 Å². The van der Waals surface area contributed by atoms with Gasteiger partial charge in [-0.25, -0.2) is 14.4 Å². The molecule has 0 radical (unpaired) electrons.